The van der Waals surface area contributed by atoms with Crippen LogP contribution in [-0.2, 0) is 14.3 Å². The lowest BCUT2D eigenvalue weighted by molar-refractivity contribution is -0.168. The molecule has 2 aromatic rings. The summed E-state index contributed by atoms with van der Waals surface area (Å²) >= 11 is 4.62. The van der Waals surface area contributed by atoms with E-state index in [-0.39, 0.29) is 0 Å². The lowest BCUT2D eigenvalue weighted by Gasteiger charge is -2.07. The van der Waals surface area contributed by atoms with Gasteiger partial charge in [0.25, 0.3) is 5.78 Å². The predicted octanol–water partition coefficient (Wildman–Crippen LogP) is 4.35. The molecule has 22 heavy (non-hydrogen) atoms. The maximum atomic E-state index is 12.6. The Morgan fingerprint density at radius 3 is 2.59 bits per heavy atom. The van der Waals surface area contributed by atoms with E-state index in [2.05, 4.69) is 20.7 Å². The molecule has 0 fully saturated rings. The van der Waals surface area contributed by atoms with Crippen LogP contribution < -0.4 is 0 Å². The topological polar surface area (TPSA) is 43.4 Å². The number of alkyl halides is 3. The van der Waals surface area contributed by atoms with Crippen LogP contribution in [0.1, 0.15) is 5.56 Å². The smallest absolute Gasteiger partial charge is 0.455 e. The average Bonchev–Trinajstić information content (AvgIpc) is 2.87. The molecule has 1 aromatic heterocycles. The van der Waals surface area contributed by atoms with E-state index in [1.165, 1.54) is 11.3 Å². The number of fused-ring (bicyclic) bond motifs is 1. The molecule has 0 bridgehead atoms. The van der Waals surface area contributed by atoms with Gasteiger partial charge in [-0.25, -0.2) is 4.79 Å². The van der Waals surface area contributed by atoms with Crippen LogP contribution in [0.25, 0.3) is 16.2 Å². The maximum Gasteiger partial charge on any atom is 0.455 e. The Hall–Kier alpha value is -1.67. The summed E-state index contributed by atoms with van der Waals surface area (Å²) < 4.78 is 43.7. The molecule has 0 atom stereocenters. The average molecular weight is 393 g/mol. The van der Waals surface area contributed by atoms with E-state index in [4.69, 9.17) is 0 Å². The Bertz CT molecular complexity index is 777. The molecule has 3 nitrogen and oxygen atoms in total. The highest BCUT2D eigenvalue weighted by molar-refractivity contribution is 9.10. The van der Waals surface area contributed by atoms with Gasteiger partial charge < -0.3 is 4.74 Å². The fourth-order valence-corrected chi connectivity index (χ4v) is 3.37. The van der Waals surface area contributed by atoms with E-state index in [0.29, 0.717) is 10.9 Å². The van der Waals surface area contributed by atoms with Gasteiger partial charge in [-0.05, 0) is 39.0 Å². The van der Waals surface area contributed by atoms with Crippen LogP contribution in [0.3, 0.4) is 0 Å². The normalized spacial score (nSPS) is 12.5. The monoisotopic (exact) mass is 392 g/mol. The number of Topliss-reactive ketones (excluding diaryl/α,β-unsaturated/α-hetero) is 1. The Kier molecular flexibility index (Phi) is 4.72. The molecule has 0 aliphatic heterocycles. The molecular formula is C14H8BrF3O3S. The van der Waals surface area contributed by atoms with E-state index >= 15 is 0 Å². The van der Waals surface area contributed by atoms with Crippen LogP contribution in [0, 0.1) is 0 Å². The third-order valence-corrected chi connectivity index (χ3v) is 4.76. The van der Waals surface area contributed by atoms with Gasteiger partial charge in [-0.2, -0.15) is 13.2 Å². The molecule has 0 unspecified atom stereocenters. The number of thiophene rings is 1. The largest absolute Gasteiger partial charge is 0.465 e. The lowest BCUT2D eigenvalue weighted by Crippen LogP contribution is -2.28. The van der Waals surface area contributed by atoms with E-state index in [1.807, 2.05) is 0 Å². The minimum absolute atomic E-state index is 0.347. The second-order valence-corrected chi connectivity index (χ2v) is 5.92. The molecule has 1 aromatic carbocycles. The fourth-order valence-electron chi connectivity index (χ4n) is 1.79. The fraction of sp³-hybridized carbons (Fsp3) is 0.143. The summed E-state index contributed by atoms with van der Waals surface area (Å²) in [5, 5.41) is 2.21. The Morgan fingerprint density at radius 1 is 1.32 bits per heavy atom. The molecule has 0 aliphatic rings. The number of carbonyl (C=O) groups excluding carboxylic acids is 2. The van der Waals surface area contributed by atoms with Crippen molar-refractivity contribution in [3.8, 4) is 0 Å². The summed E-state index contributed by atoms with van der Waals surface area (Å²) in [4.78, 5) is 22.9. The molecule has 2 rings (SSSR count). The van der Waals surface area contributed by atoms with Crippen LogP contribution in [0.15, 0.2) is 33.6 Å². The first-order valence-electron chi connectivity index (χ1n) is 5.83. The van der Waals surface area contributed by atoms with Gasteiger partial charge in [0, 0.05) is 14.6 Å². The van der Waals surface area contributed by atoms with E-state index in [1.54, 1.807) is 23.6 Å². The number of hydrogen-bond acceptors (Lipinski definition) is 4. The zero-order valence-electron chi connectivity index (χ0n) is 11.0. The van der Waals surface area contributed by atoms with Crippen LogP contribution in [0.4, 0.5) is 13.2 Å². The summed E-state index contributed by atoms with van der Waals surface area (Å²) in [7, 11) is 0.919. The summed E-state index contributed by atoms with van der Waals surface area (Å²) in [6.07, 6.45) is -4.24. The molecular weight excluding hydrogens is 385 g/mol. The highest BCUT2D eigenvalue weighted by Crippen LogP contribution is 2.34. The second kappa shape index (κ2) is 6.21. The lowest BCUT2D eigenvalue weighted by atomic mass is 10.1. The minimum atomic E-state index is -5.15. The number of hydrogen-bond donors (Lipinski definition) is 0. The number of halogens is 4. The Balaban J connectivity index is 2.60. The van der Waals surface area contributed by atoms with Crippen molar-refractivity contribution < 1.29 is 27.5 Å². The predicted molar refractivity (Wildman–Crippen MR) is 80.6 cm³/mol. The summed E-state index contributed by atoms with van der Waals surface area (Å²) in [5.41, 5.74) is -0.700. The molecule has 0 amide bonds. The first kappa shape index (κ1) is 16.7. The van der Waals surface area contributed by atoms with Gasteiger partial charge >= 0.3 is 12.1 Å². The van der Waals surface area contributed by atoms with Gasteiger partial charge in [-0.3, -0.25) is 4.79 Å². The molecule has 1 heterocycles. The van der Waals surface area contributed by atoms with Gasteiger partial charge in [0.05, 0.1) is 7.11 Å². The van der Waals surface area contributed by atoms with Crippen molar-refractivity contribution in [1.29, 1.82) is 0 Å². The summed E-state index contributed by atoms with van der Waals surface area (Å²) in [6.45, 7) is 0. The van der Waals surface area contributed by atoms with Gasteiger partial charge in [-0.1, -0.05) is 12.1 Å². The SMILES string of the molecule is COC(=O)/C(=C\c1csc2c(Br)cccc12)C(=O)C(F)(F)F. The van der Waals surface area contributed by atoms with Crippen LogP contribution in [0.5, 0.6) is 0 Å². The van der Waals surface area contributed by atoms with Crippen LogP contribution in [0.2, 0.25) is 0 Å². The van der Waals surface area contributed by atoms with E-state index < -0.39 is 23.5 Å². The number of esters is 1. The number of rotatable bonds is 3. The molecule has 0 saturated carbocycles. The molecule has 0 saturated heterocycles. The first-order valence-corrected chi connectivity index (χ1v) is 7.50. The Labute approximate surface area is 135 Å². The van der Waals surface area contributed by atoms with Crippen molar-refractivity contribution in [1.82, 2.24) is 0 Å². The molecule has 0 N–H and O–H groups in total. The van der Waals surface area contributed by atoms with Gasteiger partial charge in [0.1, 0.15) is 5.57 Å². The van der Waals surface area contributed by atoms with Gasteiger partial charge in [0.15, 0.2) is 0 Å². The standard InChI is InChI=1S/C14H8BrF3O3S/c1-21-13(20)9(12(19)14(16,17)18)5-7-6-22-11-8(7)3-2-4-10(11)15/h2-6H,1H3/b9-5-. The second-order valence-electron chi connectivity index (χ2n) is 4.18. The number of methoxy groups -OCH3 is 1. The highest BCUT2D eigenvalue weighted by atomic mass is 79.9. The van der Waals surface area contributed by atoms with Crippen LogP contribution in [-0.4, -0.2) is 25.0 Å². The minimum Gasteiger partial charge on any atom is -0.465 e. The highest BCUT2D eigenvalue weighted by Gasteiger charge is 2.43. The van der Waals surface area contributed by atoms with E-state index in [9.17, 15) is 22.8 Å². The van der Waals surface area contributed by atoms with Crippen molar-refractivity contribution in [2.45, 2.75) is 6.18 Å². The number of ketones is 1. The summed E-state index contributed by atoms with van der Waals surface area (Å²) in [5.74, 6) is -3.55. The van der Waals surface area contributed by atoms with Crippen molar-refractivity contribution in [2.24, 2.45) is 0 Å². The molecule has 8 heteroatoms. The van der Waals surface area contributed by atoms with Crippen molar-refractivity contribution in [2.75, 3.05) is 7.11 Å². The van der Waals surface area contributed by atoms with Crippen molar-refractivity contribution in [3.05, 3.63) is 39.2 Å². The molecule has 0 spiro atoms. The molecule has 0 aliphatic carbocycles. The quantitative estimate of drug-likeness (QED) is 0.337. The number of benzene rings is 1. The third-order valence-electron chi connectivity index (χ3n) is 2.79. The molecule has 116 valence electrons. The van der Waals surface area contributed by atoms with Crippen molar-refractivity contribution >= 4 is 55.2 Å². The van der Waals surface area contributed by atoms with Crippen LogP contribution >= 0.6 is 27.3 Å². The van der Waals surface area contributed by atoms with Gasteiger partial charge in [-0.15, -0.1) is 11.3 Å². The van der Waals surface area contributed by atoms with Gasteiger partial charge in [0.2, 0.25) is 0 Å². The Morgan fingerprint density at radius 2 is 2.00 bits per heavy atom. The van der Waals surface area contributed by atoms with Crippen molar-refractivity contribution in [3.63, 3.8) is 0 Å². The number of ether oxygens (including phenoxy) is 1. The number of carbonyl (C=O) groups is 2. The zero-order chi connectivity index (χ0) is 16.5. The first-order chi connectivity index (χ1) is 10.3. The molecule has 0 radical (unpaired) electrons. The summed E-state index contributed by atoms with van der Waals surface area (Å²) in [6, 6.07) is 5.18. The zero-order valence-corrected chi connectivity index (χ0v) is 13.4. The maximum absolute atomic E-state index is 12.6. The van der Waals surface area contributed by atoms with E-state index in [0.717, 1.165) is 22.4 Å². The third kappa shape index (κ3) is 3.22.